The molecule has 98 valence electrons. The average molecular weight is 246 g/mol. The lowest BCUT2D eigenvalue weighted by molar-refractivity contribution is -0.141. The highest BCUT2D eigenvalue weighted by Gasteiger charge is 2.08. The molecule has 0 bridgehead atoms. The number of carbonyl (C=O) groups excluding carboxylic acids is 1. The second-order valence-corrected chi connectivity index (χ2v) is 4.22. The van der Waals surface area contributed by atoms with Crippen LogP contribution in [0.15, 0.2) is 36.4 Å². The van der Waals surface area contributed by atoms with Crippen molar-refractivity contribution in [1.29, 1.82) is 0 Å². The van der Waals surface area contributed by atoms with Crippen LogP contribution in [0.2, 0.25) is 0 Å². The number of hydrogen-bond acceptors (Lipinski definition) is 2. The summed E-state index contributed by atoms with van der Waals surface area (Å²) in [7, 11) is 0. The molecule has 0 aliphatic heterocycles. The Bertz CT molecular complexity index is 379. The van der Waals surface area contributed by atoms with Gasteiger partial charge in [-0.1, -0.05) is 56.2 Å². The quantitative estimate of drug-likeness (QED) is 0.532. The second kappa shape index (κ2) is 8.51. The van der Waals surface area contributed by atoms with Gasteiger partial charge in [0.2, 0.25) is 0 Å². The molecular weight excluding hydrogens is 224 g/mol. The van der Waals surface area contributed by atoms with Gasteiger partial charge >= 0.3 is 5.97 Å². The number of unbranched alkanes of at least 4 members (excludes halogenated alkanes) is 2. The highest BCUT2D eigenvalue weighted by Crippen LogP contribution is 2.20. The Labute approximate surface area is 110 Å². The van der Waals surface area contributed by atoms with Crippen molar-refractivity contribution in [3.63, 3.8) is 0 Å². The van der Waals surface area contributed by atoms with Gasteiger partial charge in [0, 0.05) is 0 Å². The van der Waals surface area contributed by atoms with Crippen molar-refractivity contribution >= 4 is 11.5 Å². The van der Waals surface area contributed by atoms with E-state index in [9.17, 15) is 4.79 Å². The Morgan fingerprint density at radius 2 is 1.94 bits per heavy atom. The first-order valence-electron chi connectivity index (χ1n) is 6.68. The summed E-state index contributed by atoms with van der Waals surface area (Å²) in [6, 6.07) is 10.0. The summed E-state index contributed by atoms with van der Waals surface area (Å²) in [5.41, 5.74) is 2.18. The average Bonchev–Trinajstić information content (AvgIpc) is 2.39. The van der Waals surface area contributed by atoms with E-state index >= 15 is 0 Å². The van der Waals surface area contributed by atoms with Crippen LogP contribution in [0, 0.1) is 0 Å². The maximum Gasteiger partial charge on any atom is 0.310 e. The first-order chi connectivity index (χ1) is 8.77. The molecule has 1 aromatic rings. The molecule has 2 nitrogen and oxygen atoms in total. The third-order valence-corrected chi connectivity index (χ3v) is 2.73. The van der Waals surface area contributed by atoms with Crippen molar-refractivity contribution in [2.75, 3.05) is 6.61 Å². The van der Waals surface area contributed by atoms with Crippen LogP contribution in [-0.2, 0) is 9.53 Å². The first kappa shape index (κ1) is 14.5. The third kappa shape index (κ3) is 5.17. The van der Waals surface area contributed by atoms with Gasteiger partial charge in [-0.25, -0.2) is 0 Å². The van der Waals surface area contributed by atoms with Crippen molar-refractivity contribution < 1.29 is 9.53 Å². The highest BCUT2D eigenvalue weighted by molar-refractivity contribution is 5.85. The number of carbonyl (C=O) groups is 1. The summed E-state index contributed by atoms with van der Waals surface area (Å²) < 4.78 is 5.02. The summed E-state index contributed by atoms with van der Waals surface area (Å²) in [6.45, 7) is 4.44. The molecule has 0 atom stereocenters. The van der Waals surface area contributed by atoms with Gasteiger partial charge in [0.05, 0.1) is 13.0 Å². The second-order valence-electron chi connectivity index (χ2n) is 4.22. The molecule has 0 aliphatic carbocycles. The standard InChI is InChI=1S/C16H22O2/c1-3-5-7-12-15(13-16(17)18-4-2)14-10-8-6-9-11-14/h6,8-12H,3-5,7,13H2,1-2H3/b15-12-. The van der Waals surface area contributed by atoms with Crippen LogP contribution in [0.4, 0.5) is 0 Å². The van der Waals surface area contributed by atoms with Crippen LogP contribution in [0.1, 0.15) is 45.1 Å². The van der Waals surface area contributed by atoms with Crippen molar-refractivity contribution in [1.82, 2.24) is 0 Å². The molecule has 0 heterocycles. The zero-order valence-corrected chi connectivity index (χ0v) is 11.3. The number of esters is 1. The van der Waals surface area contributed by atoms with Gasteiger partial charge < -0.3 is 4.74 Å². The minimum atomic E-state index is -0.149. The monoisotopic (exact) mass is 246 g/mol. The van der Waals surface area contributed by atoms with E-state index in [4.69, 9.17) is 4.74 Å². The van der Waals surface area contributed by atoms with E-state index < -0.39 is 0 Å². The molecule has 0 spiro atoms. The molecule has 0 saturated carbocycles. The van der Waals surface area contributed by atoms with Crippen LogP contribution in [0.3, 0.4) is 0 Å². The molecule has 1 rings (SSSR count). The molecule has 0 N–H and O–H groups in total. The topological polar surface area (TPSA) is 26.3 Å². The Kier molecular flexibility index (Phi) is 6.85. The molecule has 0 aliphatic rings. The Morgan fingerprint density at radius 1 is 1.22 bits per heavy atom. The fraction of sp³-hybridized carbons (Fsp3) is 0.438. The largest absolute Gasteiger partial charge is 0.466 e. The SMILES string of the molecule is CCCC/C=C(/CC(=O)OCC)c1ccccc1. The summed E-state index contributed by atoms with van der Waals surface area (Å²) in [4.78, 5) is 11.6. The molecule has 18 heavy (non-hydrogen) atoms. The molecule has 0 aromatic heterocycles. The Morgan fingerprint density at radius 3 is 2.56 bits per heavy atom. The molecule has 1 aromatic carbocycles. The number of allylic oxidation sites excluding steroid dienone is 1. The number of benzene rings is 1. The molecule has 0 unspecified atom stereocenters. The molecule has 0 saturated heterocycles. The minimum Gasteiger partial charge on any atom is -0.466 e. The Balaban J connectivity index is 2.75. The van der Waals surface area contributed by atoms with E-state index in [-0.39, 0.29) is 5.97 Å². The van der Waals surface area contributed by atoms with Crippen LogP contribution < -0.4 is 0 Å². The van der Waals surface area contributed by atoms with Gasteiger partial charge in [-0.05, 0) is 24.5 Å². The summed E-state index contributed by atoms with van der Waals surface area (Å²) in [5.74, 6) is -0.149. The van der Waals surface area contributed by atoms with Gasteiger partial charge in [-0.3, -0.25) is 4.79 Å². The fourth-order valence-electron chi connectivity index (χ4n) is 1.79. The number of rotatable bonds is 7. The van der Waals surface area contributed by atoms with Gasteiger partial charge in [-0.2, -0.15) is 0 Å². The van der Waals surface area contributed by atoms with Crippen LogP contribution >= 0.6 is 0 Å². The van der Waals surface area contributed by atoms with Crippen LogP contribution in [0.5, 0.6) is 0 Å². The van der Waals surface area contributed by atoms with Gasteiger partial charge in [0.15, 0.2) is 0 Å². The van der Waals surface area contributed by atoms with Crippen LogP contribution in [0.25, 0.3) is 5.57 Å². The zero-order valence-electron chi connectivity index (χ0n) is 11.3. The maximum absolute atomic E-state index is 11.6. The fourth-order valence-corrected chi connectivity index (χ4v) is 1.79. The van der Waals surface area contributed by atoms with Crippen molar-refractivity contribution in [2.45, 2.75) is 39.5 Å². The van der Waals surface area contributed by atoms with E-state index in [1.54, 1.807) is 0 Å². The molecule has 0 amide bonds. The molecule has 0 radical (unpaired) electrons. The molecule has 0 fully saturated rings. The Hall–Kier alpha value is -1.57. The van der Waals surface area contributed by atoms with E-state index in [1.165, 1.54) is 0 Å². The molecule has 2 heteroatoms. The lowest BCUT2D eigenvalue weighted by atomic mass is 10.0. The van der Waals surface area contributed by atoms with E-state index in [1.807, 2.05) is 37.3 Å². The highest BCUT2D eigenvalue weighted by atomic mass is 16.5. The van der Waals surface area contributed by atoms with Gasteiger partial charge in [-0.15, -0.1) is 0 Å². The third-order valence-electron chi connectivity index (χ3n) is 2.73. The maximum atomic E-state index is 11.6. The first-order valence-corrected chi connectivity index (χ1v) is 6.68. The normalized spacial score (nSPS) is 11.3. The van der Waals surface area contributed by atoms with E-state index in [0.717, 1.165) is 30.4 Å². The van der Waals surface area contributed by atoms with Crippen LogP contribution in [-0.4, -0.2) is 12.6 Å². The summed E-state index contributed by atoms with van der Waals surface area (Å²) in [6.07, 6.45) is 5.86. The lowest BCUT2D eigenvalue weighted by Crippen LogP contribution is -2.04. The smallest absolute Gasteiger partial charge is 0.310 e. The van der Waals surface area contributed by atoms with Crippen molar-refractivity contribution in [2.24, 2.45) is 0 Å². The minimum absolute atomic E-state index is 0.149. The van der Waals surface area contributed by atoms with Gasteiger partial charge in [0.1, 0.15) is 0 Å². The van der Waals surface area contributed by atoms with Crippen molar-refractivity contribution in [3.05, 3.63) is 42.0 Å². The predicted octanol–water partition coefficient (Wildman–Crippen LogP) is 4.21. The number of ether oxygens (including phenoxy) is 1. The zero-order chi connectivity index (χ0) is 13.2. The van der Waals surface area contributed by atoms with E-state index in [2.05, 4.69) is 13.0 Å². The van der Waals surface area contributed by atoms with Crippen molar-refractivity contribution in [3.8, 4) is 0 Å². The lowest BCUT2D eigenvalue weighted by Gasteiger charge is -2.08. The predicted molar refractivity (Wildman–Crippen MR) is 75.2 cm³/mol. The summed E-state index contributed by atoms with van der Waals surface area (Å²) >= 11 is 0. The number of hydrogen-bond donors (Lipinski definition) is 0. The molecular formula is C16H22O2. The van der Waals surface area contributed by atoms with Gasteiger partial charge in [0.25, 0.3) is 0 Å². The van der Waals surface area contributed by atoms with E-state index in [0.29, 0.717) is 13.0 Å². The summed E-state index contributed by atoms with van der Waals surface area (Å²) in [5, 5.41) is 0.